The Labute approximate surface area is 120 Å². The number of quaternary nitrogens is 1. The lowest BCUT2D eigenvalue weighted by atomic mass is 10.1. The maximum atomic E-state index is 13.7. The number of hydrogen-bond acceptors (Lipinski definition) is 3. The molecule has 0 N–H and O–H groups in total. The molecule has 0 aromatic heterocycles. The molecule has 4 aliphatic rings. The van der Waals surface area contributed by atoms with Gasteiger partial charge in [-0.05, 0) is 18.2 Å². The highest BCUT2D eigenvalue weighted by atomic mass is 19.1. The van der Waals surface area contributed by atoms with Gasteiger partial charge in [0.2, 0.25) is 25.5 Å². The van der Waals surface area contributed by atoms with E-state index in [4.69, 9.17) is 0 Å². The van der Waals surface area contributed by atoms with Crippen LogP contribution in [0, 0.1) is 11.6 Å². The monoisotopic (exact) mass is 294 g/mol. The maximum absolute atomic E-state index is 13.7. The molecular formula is C14H16F2N4O+2. The molecule has 1 aromatic carbocycles. The van der Waals surface area contributed by atoms with Crippen LogP contribution in [0.15, 0.2) is 18.2 Å². The summed E-state index contributed by atoms with van der Waals surface area (Å²) in [5.41, 5.74) is -0.146. The van der Waals surface area contributed by atoms with Gasteiger partial charge in [-0.1, -0.05) is 0 Å². The molecule has 2 fully saturated rings. The zero-order valence-electron chi connectivity index (χ0n) is 11.5. The summed E-state index contributed by atoms with van der Waals surface area (Å²) in [6, 6.07) is 3.04. The van der Waals surface area contributed by atoms with Crippen molar-refractivity contribution < 1.29 is 22.6 Å². The first-order valence-corrected chi connectivity index (χ1v) is 6.92. The van der Waals surface area contributed by atoms with Crippen molar-refractivity contribution in [2.45, 2.75) is 0 Å². The maximum Gasteiger partial charge on any atom is 0.245 e. The molecule has 0 aliphatic carbocycles. The van der Waals surface area contributed by atoms with E-state index in [0.717, 1.165) is 51.5 Å². The Morgan fingerprint density at radius 2 is 2.19 bits per heavy atom. The summed E-state index contributed by atoms with van der Waals surface area (Å²) in [4.78, 5) is 16.8. The van der Waals surface area contributed by atoms with Gasteiger partial charge in [-0.3, -0.25) is 4.79 Å². The van der Waals surface area contributed by atoms with Crippen LogP contribution in [0.5, 0.6) is 0 Å². The Bertz CT molecular complexity index is 662. The van der Waals surface area contributed by atoms with E-state index in [1.165, 1.54) is 0 Å². The van der Waals surface area contributed by atoms with Gasteiger partial charge in [0.1, 0.15) is 24.8 Å². The summed E-state index contributed by atoms with van der Waals surface area (Å²) in [6.07, 6.45) is 2.08. The lowest BCUT2D eigenvalue weighted by Gasteiger charge is -2.51. The number of halogens is 2. The zero-order valence-corrected chi connectivity index (χ0v) is 11.5. The summed E-state index contributed by atoms with van der Waals surface area (Å²) in [7, 11) is 0. The highest BCUT2D eigenvalue weighted by molar-refractivity contribution is 5.97. The van der Waals surface area contributed by atoms with Crippen LogP contribution in [-0.4, -0.2) is 70.9 Å². The number of hydrogen-bond donors (Lipinski definition) is 0. The quantitative estimate of drug-likeness (QED) is 0.460. The van der Waals surface area contributed by atoms with Crippen molar-refractivity contribution in [3.63, 3.8) is 0 Å². The van der Waals surface area contributed by atoms with Crippen LogP contribution < -0.4 is 0 Å². The molecule has 0 amide bonds. The molecule has 2 atom stereocenters. The van der Waals surface area contributed by atoms with E-state index in [2.05, 4.69) is 20.7 Å². The fourth-order valence-corrected chi connectivity index (χ4v) is 3.69. The number of carbonyl (C=O) groups excluding carboxylic acids is 1. The highest BCUT2D eigenvalue weighted by Gasteiger charge is 2.51. The summed E-state index contributed by atoms with van der Waals surface area (Å²) in [6.45, 7) is 4.21. The molecule has 5 rings (SSSR count). The molecule has 4 aliphatic heterocycles. The number of rotatable bonds is 3. The van der Waals surface area contributed by atoms with Gasteiger partial charge < -0.3 is 0 Å². The van der Waals surface area contributed by atoms with Crippen LogP contribution in [0.3, 0.4) is 0 Å². The molecule has 0 spiro atoms. The van der Waals surface area contributed by atoms with Crippen molar-refractivity contribution in [2.75, 3.05) is 39.9 Å². The van der Waals surface area contributed by atoms with Gasteiger partial charge in [0.15, 0.2) is 13.3 Å². The predicted molar refractivity (Wildman–Crippen MR) is 70.2 cm³/mol. The Balaban J connectivity index is 1.60. The predicted octanol–water partition coefficient (Wildman–Crippen LogP) is 0.437. The van der Waals surface area contributed by atoms with Gasteiger partial charge >= 0.3 is 0 Å². The molecule has 0 radical (unpaired) electrons. The lowest BCUT2D eigenvalue weighted by Crippen LogP contribution is -2.76. The van der Waals surface area contributed by atoms with Crippen molar-refractivity contribution in [2.24, 2.45) is 0 Å². The first-order chi connectivity index (χ1) is 10.0. The fourth-order valence-electron chi connectivity index (χ4n) is 3.69. The van der Waals surface area contributed by atoms with Crippen LogP contribution in [0.25, 0.3) is 0 Å². The lowest BCUT2D eigenvalue weighted by molar-refractivity contribution is -1.04. The zero-order chi connectivity index (χ0) is 14.6. The molecule has 2 unspecified atom stereocenters. The smallest absolute Gasteiger partial charge is 0.245 e. The number of carbonyl (C=O) groups is 1. The van der Waals surface area contributed by atoms with Gasteiger partial charge in [-0.25, -0.2) is 22.7 Å². The fraction of sp³-hybridized carbons (Fsp3) is 0.429. The van der Waals surface area contributed by atoms with E-state index in [-0.39, 0.29) is 17.9 Å². The van der Waals surface area contributed by atoms with E-state index in [1.807, 2.05) is 0 Å². The number of nitrogens with zero attached hydrogens (tertiary/aromatic N) is 4. The SMILES string of the molecule is O=C(C[N+]12CN3C=[N+](CN(C3)C1)C2)c1cc(F)ccc1F. The molecule has 1 aromatic rings. The van der Waals surface area contributed by atoms with Crippen molar-refractivity contribution in [3.05, 3.63) is 35.4 Å². The van der Waals surface area contributed by atoms with Crippen LogP contribution in [0.1, 0.15) is 10.4 Å². The van der Waals surface area contributed by atoms with Gasteiger partial charge in [-0.2, -0.15) is 4.90 Å². The molecule has 2 saturated heterocycles. The van der Waals surface area contributed by atoms with E-state index < -0.39 is 11.6 Å². The van der Waals surface area contributed by atoms with Gasteiger partial charge in [0.25, 0.3) is 0 Å². The Hall–Kier alpha value is -1.86. The van der Waals surface area contributed by atoms with E-state index in [9.17, 15) is 13.6 Å². The standard InChI is InChI=1S/C14H16F2N4O/c15-11-1-2-13(16)12(3-11)14(21)4-20-8-17-5-18(9-20)7-19(6-17)10-20/h1-3,5H,4,6-10H2/q+2. The second-order valence-corrected chi connectivity index (χ2v) is 6.22. The van der Waals surface area contributed by atoms with Crippen LogP contribution in [0.2, 0.25) is 0 Å². The molecular weight excluding hydrogens is 278 g/mol. The number of Topliss-reactive ketones (excluding diaryl/α,β-unsaturated/α-hetero) is 1. The average Bonchev–Trinajstić information content (AvgIpc) is 2.39. The summed E-state index contributed by atoms with van der Waals surface area (Å²) in [5.74, 6) is -1.57. The molecule has 4 bridgehead atoms. The number of benzene rings is 1. The Morgan fingerprint density at radius 1 is 1.33 bits per heavy atom. The average molecular weight is 294 g/mol. The second kappa shape index (κ2) is 4.32. The molecule has 4 heterocycles. The third-order valence-electron chi connectivity index (χ3n) is 4.26. The van der Waals surface area contributed by atoms with E-state index in [1.54, 1.807) is 0 Å². The van der Waals surface area contributed by atoms with Gasteiger partial charge in [0.05, 0.1) is 5.56 Å². The summed E-state index contributed by atoms with van der Waals surface area (Å²) < 4.78 is 29.7. The van der Waals surface area contributed by atoms with Crippen LogP contribution >= 0.6 is 0 Å². The normalized spacial score (nSPS) is 29.7. The van der Waals surface area contributed by atoms with Gasteiger partial charge in [-0.15, -0.1) is 0 Å². The minimum absolute atomic E-state index is 0.146. The van der Waals surface area contributed by atoms with Crippen molar-refractivity contribution in [3.8, 4) is 0 Å². The van der Waals surface area contributed by atoms with Crippen molar-refractivity contribution >= 4 is 12.1 Å². The molecule has 21 heavy (non-hydrogen) atoms. The number of ketones is 1. The second-order valence-electron chi connectivity index (χ2n) is 6.22. The van der Waals surface area contributed by atoms with Gasteiger partial charge in [0, 0.05) is 0 Å². The van der Waals surface area contributed by atoms with Crippen LogP contribution in [-0.2, 0) is 0 Å². The minimum Gasteiger partial charge on any atom is -0.288 e. The summed E-state index contributed by atoms with van der Waals surface area (Å²) in [5, 5.41) is 0. The van der Waals surface area contributed by atoms with E-state index in [0.29, 0.717) is 4.48 Å². The largest absolute Gasteiger partial charge is 0.288 e. The Morgan fingerprint density at radius 3 is 2.95 bits per heavy atom. The van der Waals surface area contributed by atoms with E-state index >= 15 is 0 Å². The molecule has 7 heteroatoms. The molecule has 110 valence electrons. The van der Waals surface area contributed by atoms with Crippen molar-refractivity contribution in [1.29, 1.82) is 0 Å². The molecule has 5 nitrogen and oxygen atoms in total. The first-order valence-electron chi connectivity index (χ1n) is 6.92. The van der Waals surface area contributed by atoms with Crippen LogP contribution in [0.4, 0.5) is 8.78 Å². The summed E-state index contributed by atoms with van der Waals surface area (Å²) >= 11 is 0. The third-order valence-corrected chi connectivity index (χ3v) is 4.26. The first kappa shape index (κ1) is 12.8. The van der Waals surface area contributed by atoms with Crippen molar-refractivity contribution in [1.82, 2.24) is 9.80 Å². The highest BCUT2D eigenvalue weighted by Crippen LogP contribution is 2.25. The molecule has 0 saturated carbocycles. The third kappa shape index (κ3) is 2.13. The minimum atomic E-state index is -0.650. The topological polar surface area (TPSA) is 26.6 Å². The Kier molecular flexibility index (Phi) is 2.64.